The molecular weight excluding hydrogens is 444 g/mol. The van der Waals surface area contributed by atoms with Gasteiger partial charge in [0.2, 0.25) is 0 Å². The van der Waals surface area contributed by atoms with Crippen LogP contribution in [0.5, 0.6) is 0 Å². The van der Waals surface area contributed by atoms with E-state index in [-0.39, 0.29) is 5.97 Å². The molecule has 0 radical (unpaired) electrons. The van der Waals surface area contributed by atoms with Crippen molar-refractivity contribution in [1.82, 2.24) is 0 Å². The SMILES string of the molecule is CCO[Si](CCCC[C@H]1CC[C@H](CCc2ccc(/C=C/C(=O)OC)cc2)CC1)(OCC)OCC. The number of rotatable bonds is 16. The van der Waals surface area contributed by atoms with E-state index in [0.29, 0.717) is 19.8 Å². The highest BCUT2D eigenvalue weighted by Crippen LogP contribution is 2.34. The number of carbonyl (C=O) groups excluding carboxylic acids is 1. The van der Waals surface area contributed by atoms with Crippen LogP contribution in [-0.2, 0) is 29.2 Å². The molecule has 1 aromatic rings. The van der Waals surface area contributed by atoms with Gasteiger partial charge < -0.3 is 18.0 Å². The van der Waals surface area contributed by atoms with Crippen LogP contribution in [0.4, 0.5) is 0 Å². The molecule has 0 spiro atoms. The van der Waals surface area contributed by atoms with Gasteiger partial charge in [-0.3, -0.25) is 0 Å². The third-order valence-corrected chi connectivity index (χ3v) is 9.99. The lowest BCUT2D eigenvalue weighted by Gasteiger charge is -2.30. The van der Waals surface area contributed by atoms with Gasteiger partial charge in [-0.05, 0) is 69.1 Å². The first-order chi connectivity index (χ1) is 16.5. The van der Waals surface area contributed by atoms with Gasteiger partial charge in [0.15, 0.2) is 0 Å². The number of ether oxygens (including phenoxy) is 1. The number of benzene rings is 1. The molecule has 0 unspecified atom stereocenters. The highest BCUT2D eigenvalue weighted by atomic mass is 28.4. The summed E-state index contributed by atoms with van der Waals surface area (Å²) in [6.45, 7) is 8.06. The van der Waals surface area contributed by atoms with Gasteiger partial charge in [-0.25, -0.2) is 4.79 Å². The maximum Gasteiger partial charge on any atom is 0.500 e. The molecule has 0 N–H and O–H groups in total. The third-order valence-electron chi connectivity index (χ3n) is 6.84. The summed E-state index contributed by atoms with van der Waals surface area (Å²) in [5.41, 5.74) is 2.40. The fourth-order valence-electron chi connectivity index (χ4n) is 4.98. The summed E-state index contributed by atoms with van der Waals surface area (Å²) in [6.07, 6.45) is 14.8. The number of carbonyl (C=O) groups is 1. The van der Waals surface area contributed by atoms with E-state index in [0.717, 1.165) is 36.3 Å². The van der Waals surface area contributed by atoms with Crippen LogP contribution < -0.4 is 0 Å². The largest absolute Gasteiger partial charge is 0.500 e. The molecule has 192 valence electrons. The summed E-state index contributed by atoms with van der Waals surface area (Å²) in [5.74, 6) is 1.40. The molecular formula is C28H46O5Si. The predicted molar refractivity (Wildman–Crippen MR) is 141 cm³/mol. The minimum atomic E-state index is -2.48. The fraction of sp³-hybridized carbons (Fsp3) is 0.679. The number of hydrogen-bond acceptors (Lipinski definition) is 5. The van der Waals surface area contributed by atoms with E-state index >= 15 is 0 Å². The summed E-state index contributed by atoms with van der Waals surface area (Å²) in [7, 11) is -1.08. The summed E-state index contributed by atoms with van der Waals surface area (Å²) in [5, 5.41) is 0. The molecule has 1 aliphatic rings. The molecule has 1 aromatic carbocycles. The number of hydrogen-bond donors (Lipinski definition) is 0. The second kappa shape index (κ2) is 16.2. The average Bonchev–Trinajstić information content (AvgIpc) is 2.86. The maximum atomic E-state index is 11.2. The smallest absolute Gasteiger partial charge is 0.466 e. The van der Waals surface area contributed by atoms with Gasteiger partial charge in [0, 0.05) is 31.9 Å². The van der Waals surface area contributed by atoms with Crippen molar-refractivity contribution in [3.63, 3.8) is 0 Å². The molecule has 1 fully saturated rings. The van der Waals surface area contributed by atoms with E-state index in [1.54, 1.807) is 6.08 Å². The van der Waals surface area contributed by atoms with E-state index < -0.39 is 8.80 Å². The highest BCUT2D eigenvalue weighted by molar-refractivity contribution is 6.60. The number of aryl methyl sites for hydroxylation is 1. The van der Waals surface area contributed by atoms with Crippen molar-refractivity contribution in [2.75, 3.05) is 26.9 Å². The molecule has 5 nitrogen and oxygen atoms in total. The van der Waals surface area contributed by atoms with Gasteiger partial charge >= 0.3 is 14.8 Å². The van der Waals surface area contributed by atoms with E-state index in [9.17, 15) is 4.79 Å². The number of esters is 1. The maximum absolute atomic E-state index is 11.2. The molecule has 0 amide bonds. The topological polar surface area (TPSA) is 54.0 Å². The molecule has 6 heteroatoms. The lowest BCUT2D eigenvalue weighted by molar-refractivity contribution is -0.134. The van der Waals surface area contributed by atoms with E-state index in [2.05, 4.69) is 29.0 Å². The van der Waals surface area contributed by atoms with E-state index in [1.165, 1.54) is 63.7 Å². The molecule has 0 aliphatic heterocycles. The van der Waals surface area contributed by atoms with Crippen LogP contribution in [0.15, 0.2) is 30.3 Å². The Bertz CT molecular complexity index is 693. The van der Waals surface area contributed by atoms with Crippen LogP contribution in [-0.4, -0.2) is 41.7 Å². The summed E-state index contributed by atoms with van der Waals surface area (Å²) < 4.78 is 22.6. The van der Waals surface area contributed by atoms with Crippen molar-refractivity contribution in [2.45, 2.75) is 84.6 Å². The minimum Gasteiger partial charge on any atom is -0.466 e. The van der Waals surface area contributed by atoms with Gasteiger partial charge in [0.1, 0.15) is 0 Å². The van der Waals surface area contributed by atoms with Crippen LogP contribution in [0, 0.1) is 11.8 Å². The van der Waals surface area contributed by atoms with Crippen molar-refractivity contribution >= 4 is 20.8 Å². The average molecular weight is 491 g/mol. The number of methoxy groups -OCH3 is 1. The van der Waals surface area contributed by atoms with Crippen molar-refractivity contribution in [2.24, 2.45) is 11.8 Å². The summed E-state index contributed by atoms with van der Waals surface area (Å²) in [6, 6.07) is 9.45. The Hall–Kier alpha value is -1.47. The molecule has 2 rings (SSSR count). The van der Waals surface area contributed by atoms with Gasteiger partial charge in [-0.2, -0.15) is 0 Å². The van der Waals surface area contributed by atoms with Crippen LogP contribution in [0.25, 0.3) is 6.08 Å². The first kappa shape index (κ1) is 28.8. The zero-order valence-corrected chi connectivity index (χ0v) is 22.9. The van der Waals surface area contributed by atoms with Crippen LogP contribution >= 0.6 is 0 Å². The molecule has 1 aliphatic carbocycles. The lowest BCUT2D eigenvalue weighted by atomic mass is 9.78. The highest BCUT2D eigenvalue weighted by Gasteiger charge is 2.39. The van der Waals surface area contributed by atoms with Gasteiger partial charge in [-0.15, -0.1) is 0 Å². The van der Waals surface area contributed by atoms with E-state index in [1.807, 2.05) is 20.8 Å². The Morgan fingerprint density at radius 3 is 1.97 bits per heavy atom. The Morgan fingerprint density at radius 2 is 1.44 bits per heavy atom. The summed E-state index contributed by atoms with van der Waals surface area (Å²) >= 11 is 0. The van der Waals surface area contributed by atoms with Crippen LogP contribution in [0.3, 0.4) is 0 Å². The first-order valence-electron chi connectivity index (χ1n) is 13.3. The molecule has 0 heterocycles. The molecule has 34 heavy (non-hydrogen) atoms. The molecule has 1 saturated carbocycles. The second-order valence-corrected chi connectivity index (χ2v) is 12.0. The Labute approximate surface area is 208 Å². The van der Waals surface area contributed by atoms with Crippen LogP contribution in [0.2, 0.25) is 6.04 Å². The van der Waals surface area contributed by atoms with Crippen molar-refractivity contribution in [1.29, 1.82) is 0 Å². The predicted octanol–water partition coefficient (Wildman–Crippen LogP) is 6.83. The fourth-order valence-corrected chi connectivity index (χ4v) is 7.67. The monoisotopic (exact) mass is 490 g/mol. The minimum absolute atomic E-state index is 0.323. The van der Waals surface area contributed by atoms with Gasteiger partial charge in [0.05, 0.1) is 7.11 Å². The second-order valence-electron chi connectivity index (χ2n) is 9.25. The van der Waals surface area contributed by atoms with Gasteiger partial charge in [-0.1, -0.05) is 62.8 Å². The Morgan fingerprint density at radius 1 is 0.882 bits per heavy atom. The standard InChI is InChI=1S/C28H46O5Si/c1-5-31-34(32-6-2,33-7-3)23-9-8-10-24-11-13-25(14-12-24)15-16-26-17-19-27(20-18-26)21-22-28(29)30-4/h17-22,24-25H,5-16,23H2,1-4H3/b22-21+/t24-,25-. The Kier molecular flexibility index (Phi) is 13.7. The van der Waals surface area contributed by atoms with Gasteiger partial charge in [0.25, 0.3) is 0 Å². The quantitative estimate of drug-likeness (QED) is 0.110. The Balaban J connectivity index is 1.65. The van der Waals surface area contributed by atoms with E-state index in [4.69, 9.17) is 13.3 Å². The molecule has 0 saturated heterocycles. The lowest BCUT2D eigenvalue weighted by Crippen LogP contribution is -2.45. The van der Waals surface area contributed by atoms with Crippen LogP contribution in [0.1, 0.15) is 83.3 Å². The molecule has 0 aromatic heterocycles. The van der Waals surface area contributed by atoms with Crippen molar-refractivity contribution < 1.29 is 22.8 Å². The van der Waals surface area contributed by atoms with Crippen molar-refractivity contribution in [3.05, 3.63) is 41.5 Å². The van der Waals surface area contributed by atoms with Crippen molar-refractivity contribution in [3.8, 4) is 0 Å². The zero-order valence-electron chi connectivity index (χ0n) is 21.9. The third kappa shape index (κ3) is 10.4. The first-order valence-corrected chi connectivity index (χ1v) is 15.2. The number of unbranched alkanes of at least 4 members (excludes halogenated alkanes) is 1. The summed E-state index contributed by atoms with van der Waals surface area (Å²) in [4.78, 5) is 11.2. The molecule has 0 bridgehead atoms. The normalized spacial score (nSPS) is 18.9. The molecule has 0 atom stereocenters. The zero-order chi connectivity index (χ0) is 24.7.